The van der Waals surface area contributed by atoms with E-state index < -0.39 is 0 Å². The molecular formula is C28H13NO2S2Te. The van der Waals surface area contributed by atoms with Crippen molar-refractivity contribution in [3.8, 4) is 5.00 Å². The number of carbonyl (C=O) groups is 2. The van der Waals surface area contributed by atoms with E-state index in [1.807, 2.05) is 12.1 Å². The van der Waals surface area contributed by atoms with Gasteiger partial charge in [0.05, 0.1) is 0 Å². The van der Waals surface area contributed by atoms with Crippen LogP contribution in [0.15, 0.2) is 86.2 Å². The number of rotatable bonds is 1. The molecule has 8 rings (SSSR count). The molecule has 34 heavy (non-hydrogen) atoms. The molecule has 0 atom stereocenters. The number of nitrogens with zero attached hydrogens (tertiary/aromatic N) is 1. The molecule has 0 saturated carbocycles. The fourth-order valence-electron chi connectivity index (χ4n) is 5.13. The number of aromatic nitrogens is 1. The number of carbonyl (C=O) groups excluding carboxylic acids is 2. The van der Waals surface area contributed by atoms with Crippen LogP contribution in [0.5, 0.6) is 0 Å². The van der Waals surface area contributed by atoms with Crippen molar-refractivity contribution in [2.45, 2.75) is 9.79 Å². The molecule has 0 bridgehead atoms. The quantitative estimate of drug-likeness (QED) is 0.118. The van der Waals surface area contributed by atoms with Crippen molar-refractivity contribution in [1.82, 2.24) is 4.57 Å². The summed E-state index contributed by atoms with van der Waals surface area (Å²) in [5, 5.41) is 4.74. The molecule has 0 N–H and O–H groups in total. The SMILES string of the molecule is O=C1/C(=C/c2cc3c(s2)-n2c4ccccc4c4cccc(c42)S3)C(=O)c2cc3[te]ccc3cc21. The molecule has 0 fully saturated rings. The Morgan fingerprint density at radius 2 is 1.65 bits per heavy atom. The first-order valence-corrected chi connectivity index (χ1v) is 15.0. The second kappa shape index (κ2) is 6.84. The van der Waals surface area contributed by atoms with E-state index in [-0.39, 0.29) is 37.6 Å². The van der Waals surface area contributed by atoms with Gasteiger partial charge in [0.25, 0.3) is 0 Å². The summed E-state index contributed by atoms with van der Waals surface area (Å²) in [4.78, 5) is 29.7. The first-order valence-electron chi connectivity index (χ1n) is 10.8. The molecule has 2 aliphatic rings. The van der Waals surface area contributed by atoms with Crippen molar-refractivity contribution in [3.63, 3.8) is 0 Å². The number of para-hydroxylation sites is 2. The predicted octanol–water partition coefficient (Wildman–Crippen LogP) is 6.98. The first-order chi connectivity index (χ1) is 16.7. The average Bonchev–Trinajstić information content (AvgIpc) is 3.60. The Hall–Kier alpha value is -2.88. The van der Waals surface area contributed by atoms with E-state index in [0.717, 1.165) is 20.2 Å². The van der Waals surface area contributed by atoms with E-state index in [0.29, 0.717) is 11.1 Å². The maximum absolute atomic E-state index is 13.2. The summed E-state index contributed by atoms with van der Waals surface area (Å²) >= 11 is 3.02. The minimum atomic E-state index is -0.383. The molecule has 6 aromatic rings. The minimum absolute atomic E-state index is 0.140. The van der Waals surface area contributed by atoms with Gasteiger partial charge >= 0.3 is 183 Å². The number of thiophene rings is 1. The molecule has 0 radical (unpaired) electrons. The number of hydrogen-bond donors (Lipinski definition) is 0. The normalized spacial score (nSPS) is 15.7. The van der Waals surface area contributed by atoms with Gasteiger partial charge in [0.1, 0.15) is 0 Å². The van der Waals surface area contributed by atoms with Gasteiger partial charge in [-0.3, -0.25) is 0 Å². The van der Waals surface area contributed by atoms with Crippen LogP contribution in [-0.4, -0.2) is 36.6 Å². The Labute approximate surface area is 211 Å². The standard InChI is InChI=1S/C28H13NO2S2Te/c30-26-18-10-14-8-9-34-24(14)13-19(18)27(31)20(26)11-15-12-23-28(32-15)29-21-6-2-1-4-16(21)17-5-3-7-22(33-23)25(17)29/h1-13H/b20-11-. The molecule has 4 heterocycles. The van der Waals surface area contributed by atoms with Gasteiger partial charge in [0.15, 0.2) is 0 Å². The van der Waals surface area contributed by atoms with Crippen LogP contribution in [0, 0.1) is 0 Å². The van der Waals surface area contributed by atoms with Crippen molar-refractivity contribution in [3.05, 3.63) is 92.4 Å². The zero-order valence-corrected chi connectivity index (χ0v) is 21.5. The molecule has 160 valence electrons. The number of Topliss-reactive ketones (excluding diaryl/α,β-unsaturated/α-hetero) is 2. The van der Waals surface area contributed by atoms with Crippen LogP contribution in [0.3, 0.4) is 0 Å². The Bertz CT molecular complexity index is 1880. The second-order valence-electron chi connectivity index (χ2n) is 8.50. The van der Waals surface area contributed by atoms with Gasteiger partial charge in [-0.15, -0.1) is 0 Å². The average molecular weight is 587 g/mol. The molecule has 0 saturated heterocycles. The molecule has 1 aliphatic carbocycles. The molecule has 3 aromatic heterocycles. The molecule has 6 heteroatoms. The van der Waals surface area contributed by atoms with E-state index >= 15 is 0 Å². The molecule has 0 spiro atoms. The van der Waals surface area contributed by atoms with Crippen molar-refractivity contribution in [2.75, 3.05) is 0 Å². The zero-order chi connectivity index (χ0) is 22.6. The van der Waals surface area contributed by atoms with E-state index in [4.69, 9.17) is 0 Å². The molecule has 1 aliphatic heterocycles. The summed E-state index contributed by atoms with van der Waals surface area (Å²) in [6.07, 6.45) is 1.80. The third-order valence-electron chi connectivity index (χ3n) is 6.64. The van der Waals surface area contributed by atoms with E-state index in [9.17, 15) is 9.59 Å². The Morgan fingerprint density at radius 3 is 2.56 bits per heavy atom. The summed E-state index contributed by atoms with van der Waals surface area (Å²) in [6.45, 7) is 0. The van der Waals surface area contributed by atoms with Crippen LogP contribution in [-0.2, 0) is 0 Å². The maximum atomic E-state index is 13.2. The van der Waals surface area contributed by atoms with E-state index in [2.05, 4.69) is 63.2 Å². The third-order valence-corrected chi connectivity index (χ3v) is 11.4. The van der Waals surface area contributed by atoms with Crippen molar-refractivity contribution in [1.29, 1.82) is 0 Å². The molecule has 0 unspecified atom stereocenters. The van der Waals surface area contributed by atoms with Crippen molar-refractivity contribution >= 4 is 91.8 Å². The van der Waals surface area contributed by atoms with Crippen molar-refractivity contribution in [2.24, 2.45) is 0 Å². The zero-order valence-electron chi connectivity index (χ0n) is 17.5. The van der Waals surface area contributed by atoms with Gasteiger partial charge in [-0.05, 0) is 0 Å². The topological polar surface area (TPSA) is 39.1 Å². The number of benzene rings is 3. The van der Waals surface area contributed by atoms with E-state index in [1.165, 1.54) is 30.1 Å². The number of hydrogen-bond acceptors (Lipinski definition) is 4. The molecule has 0 amide bonds. The van der Waals surface area contributed by atoms with Gasteiger partial charge in [-0.2, -0.15) is 0 Å². The number of fused-ring (bicyclic) bond motifs is 7. The van der Waals surface area contributed by atoms with Gasteiger partial charge in [0, 0.05) is 0 Å². The Morgan fingerprint density at radius 1 is 0.824 bits per heavy atom. The van der Waals surface area contributed by atoms with Crippen LogP contribution in [0.4, 0.5) is 0 Å². The summed E-state index contributed by atoms with van der Waals surface area (Å²) in [7, 11) is 0. The molecule has 3 aromatic carbocycles. The monoisotopic (exact) mass is 589 g/mol. The summed E-state index contributed by atoms with van der Waals surface area (Å²) < 4.78 is 5.78. The third kappa shape index (κ3) is 2.49. The number of ketones is 2. The Kier molecular flexibility index (Phi) is 3.91. The predicted molar refractivity (Wildman–Crippen MR) is 140 cm³/mol. The fraction of sp³-hybridized carbons (Fsp3) is 0. The fourth-order valence-corrected chi connectivity index (χ4v) is 9.83. The Balaban J connectivity index is 1.31. The van der Waals surface area contributed by atoms with Crippen LogP contribution in [0.2, 0.25) is 0 Å². The number of allylic oxidation sites excluding steroid dienone is 1. The molecular weight excluding hydrogens is 574 g/mol. The first kappa shape index (κ1) is 19.4. The van der Waals surface area contributed by atoms with Gasteiger partial charge in [-0.1, -0.05) is 30.3 Å². The molecule has 3 nitrogen and oxygen atoms in total. The van der Waals surface area contributed by atoms with Crippen LogP contribution >= 0.6 is 23.1 Å². The van der Waals surface area contributed by atoms with Crippen LogP contribution in [0.25, 0.3) is 41.7 Å². The summed E-state index contributed by atoms with van der Waals surface area (Å²) in [5.41, 5.74) is 3.82. The van der Waals surface area contributed by atoms with E-state index in [1.54, 1.807) is 29.2 Å². The van der Waals surface area contributed by atoms with Crippen LogP contribution in [0.1, 0.15) is 25.6 Å². The van der Waals surface area contributed by atoms with Crippen LogP contribution < -0.4 is 0 Å². The second-order valence-corrected chi connectivity index (χ2v) is 13.3. The summed E-state index contributed by atoms with van der Waals surface area (Å²) in [6, 6.07) is 23.0. The van der Waals surface area contributed by atoms with Gasteiger partial charge in [0.2, 0.25) is 0 Å². The van der Waals surface area contributed by atoms with Gasteiger partial charge < -0.3 is 0 Å². The van der Waals surface area contributed by atoms with Crippen molar-refractivity contribution < 1.29 is 9.59 Å². The van der Waals surface area contributed by atoms with Gasteiger partial charge in [-0.25, -0.2) is 0 Å². The summed E-state index contributed by atoms with van der Waals surface area (Å²) in [5.74, 6) is -0.293.